The number of aliphatic hydroxyl groups is 1. The summed E-state index contributed by atoms with van der Waals surface area (Å²) < 4.78 is 47.2. The van der Waals surface area contributed by atoms with Crippen molar-refractivity contribution in [3.05, 3.63) is 35.6 Å². The fraction of sp³-hybridized carbons (Fsp3) is 0.750. The Morgan fingerprint density at radius 3 is 2.65 bits per heavy atom. The summed E-state index contributed by atoms with van der Waals surface area (Å²) in [5.74, 6) is -3.16. The van der Waals surface area contributed by atoms with E-state index in [4.69, 9.17) is 4.74 Å². The van der Waals surface area contributed by atoms with Crippen molar-refractivity contribution in [2.24, 2.45) is 11.8 Å². The molecule has 3 N–H and O–H groups in total. The third-order valence-corrected chi connectivity index (χ3v) is 8.11. The Morgan fingerprint density at radius 1 is 1.24 bits per heavy atom. The number of methoxy groups -OCH3 is 1. The molecule has 2 amide bonds. The van der Waals surface area contributed by atoms with Crippen LogP contribution in [0.15, 0.2) is 24.3 Å². The van der Waals surface area contributed by atoms with E-state index in [9.17, 15) is 23.1 Å². The molecule has 1 aliphatic carbocycles. The fourth-order valence-corrected chi connectivity index (χ4v) is 6.01. The number of alkyl halides is 2. The van der Waals surface area contributed by atoms with Crippen LogP contribution >= 0.6 is 0 Å². The van der Waals surface area contributed by atoms with Crippen molar-refractivity contribution in [3.63, 3.8) is 0 Å². The number of amides is 2. The molecule has 210 valence electrons. The largest absolute Gasteiger partial charge is 0.385 e. The number of ether oxygens (including phenoxy) is 1. The van der Waals surface area contributed by atoms with E-state index >= 15 is 0 Å². The van der Waals surface area contributed by atoms with E-state index in [2.05, 4.69) is 10.6 Å². The van der Waals surface area contributed by atoms with Gasteiger partial charge in [0, 0.05) is 63.7 Å². The van der Waals surface area contributed by atoms with Crippen LogP contribution in [-0.4, -0.2) is 68.4 Å². The topological polar surface area (TPSA) is 73.8 Å². The minimum Gasteiger partial charge on any atom is -0.385 e. The molecule has 2 fully saturated rings. The number of unbranched alkanes of at least 4 members (excludes halogenated alkanes) is 1. The smallest absolute Gasteiger partial charge is 0.317 e. The second kappa shape index (κ2) is 13.8. The van der Waals surface area contributed by atoms with Crippen LogP contribution in [0.25, 0.3) is 0 Å². The minimum absolute atomic E-state index is 0.0926. The minimum atomic E-state index is -2.57. The molecule has 3 unspecified atom stereocenters. The van der Waals surface area contributed by atoms with Gasteiger partial charge in [0.2, 0.25) is 5.92 Å². The zero-order chi connectivity index (χ0) is 26.9. The molecule has 6 nitrogen and oxygen atoms in total. The van der Waals surface area contributed by atoms with E-state index in [0.29, 0.717) is 71.2 Å². The Labute approximate surface area is 219 Å². The lowest BCUT2D eigenvalue weighted by molar-refractivity contribution is -0.0590. The van der Waals surface area contributed by atoms with E-state index in [-0.39, 0.29) is 42.3 Å². The van der Waals surface area contributed by atoms with E-state index in [1.54, 1.807) is 30.2 Å². The van der Waals surface area contributed by atoms with Gasteiger partial charge in [-0.05, 0) is 70.4 Å². The molecule has 1 aromatic carbocycles. The molecule has 0 spiro atoms. The molecule has 1 heterocycles. The highest BCUT2D eigenvalue weighted by Crippen LogP contribution is 2.41. The first-order valence-electron chi connectivity index (χ1n) is 13.7. The fourth-order valence-electron chi connectivity index (χ4n) is 6.01. The molecule has 0 aromatic heterocycles. The lowest BCUT2D eigenvalue weighted by Crippen LogP contribution is -2.54. The number of piperidine rings is 1. The van der Waals surface area contributed by atoms with Gasteiger partial charge in [0.15, 0.2) is 0 Å². The lowest BCUT2D eigenvalue weighted by atomic mass is 9.74. The highest BCUT2D eigenvalue weighted by molar-refractivity contribution is 5.74. The van der Waals surface area contributed by atoms with Gasteiger partial charge in [0.05, 0.1) is 5.60 Å². The summed E-state index contributed by atoms with van der Waals surface area (Å²) in [6, 6.07) is 5.96. The molecule has 9 heteroatoms. The summed E-state index contributed by atoms with van der Waals surface area (Å²) in [4.78, 5) is 15.0. The Hall–Kier alpha value is -1.84. The van der Waals surface area contributed by atoms with E-state index < -0.39 is 17.3 Å². The monoisotopic (exact) mass is 527 g/mol. The first-order valence-corrected chi connectivity index (χ1v) is 13.7. The number of hydrogen-bond acceptors (Lipinski definition) is 4. The van der Waals surface area contributed by atoms with Crippen LogP contribution in [0.2, 0.25) is 0 Å². The molecule has 0 radical (unpaired) electrons. The summed E-state index contributed by atoms with van der Waals surface area (Å²) in [6.45, 7) is 2.00. The van der Waals surface area contributed by atoms with Crippen LogP contribution in [0.3, 0.4) is 0 Å². The highest BCUT2D eigenvalue weighted by Gasteiger charge is 2.43. The van der Waals surface area contributed by atoms with E-state index in [0.717, 1.165) is 6.42 Å². The maximum Gasteiger partial charge on any atom is 0.317 e. The molecular weight excluding hydrogens is 483 g/mol. The van der Waals surface area contributed by atoms with Crippen molar-refractivity contribution in [1.82, 2.24) is 15.5 Å². The number of carbonyl (C=O) groups is 1. The van der Waals surface area contributed by atoms with Crippen molar-refractivity contribution in [2.45, 2.75) is 81.8 Å². The predicted octanol–water partition coefficient (Wildman–Crippen LogP) is 5.06. The Bertz CT molecular complexity index is 849. The van der Waals surface area contributed by atoms with Crippen LogP contribution in [0.1, 0.15) is 69.8 Å². The van der Waals surface area contributed by atoms with Gasteiger partial charge in [0.1, 0.15) is 5.82 Å². The summed E-state index contributed by atoms with van der Waals surface area (Å²) in [5.41, 5.74) is -1.11. The lowest BCUT2D eigenvalue weighted by Gasteiger charge is -2.43. The Balaban J connectivity index is 1.67. The molecule has 1 saturated carbocycles. The number of urea groups is 1. The molecule has 0 bridgehead atoms. The standard InChI is InChI=1S/C28H44F3N3O3/c1-32-19-23(18-21-11-14-27(30,31)15-12-21)33-26(35)34-16-7-8-22(20-34)28(36,13-5-6-17-37-2)24-9-3-4-10-25(24)29/h3-4,9-10,21-23,32,36H,5-8,11-20H2,1-2H3,(H,33,35). The zero-order valence-corrected chi connectivity index (χ0v) is 22.3. The van der Waals surface area contributed by atoms with Crippen molar-refractivity contribution in [1.29, 1.82) is 0 Å². The van der Waals surface area contributed by atoms with Gasteiger partial charge in [-0.3, -0.25) is 0 Å². The second-order valence-electron chi connectivity index (χ2n) is 10.9. The number of likely N-dealkylation sites (N-methyl/N-ethyl adjacent to an activating group) is 1. The van der Waals surface area contributed by atoms with Crippen LogP contribution in [-0.2, 0) is 10.3 Å². The molecule has 1 aromatic rings. The maximum absolute atomic E-state index is 14.9. The quantitative estimate of drug-likeness (QED) is 0.333. The van der Waals surface area contributed by atoms with Crippen LogP contribution in [0, 0.1) is 17.7 Å². The average molecular weight is 528 g/mol. The summed E-state index contributed by atoms with van der Waals surface area (Å²) >= 11 is 0. The van der Waals surface area contributed by atoms with Gasteiger partial charge in [0.25, 0.3) is 0 Å². The van der Waals surface area contributed by atoms with Crippen molar-refractivity contribution >= 4 is 6.03 Å². The van der Waals surface area contributed by atoms with Crippen LogP contribution in [0.4, 0.5) is 18.0 Å². The number of rotatable bonds is 12. The van der Waals surface area contributed by atoms with E-state index in [1.807, 2.05) is 7.05 Å². The second-order valence-corrected chi connectivity index (χ2v) is 10.9. The number of carbonyl (C=O) groups excluding carboxylic acids is 1. The van der Waals surface area contributed by atoms with Crippen molar-refractivity contribution < 1.29 is 27.8 Å². The molecule has 3 rings (SSSR count). The highest BCUT2D eigenvalue weighted by atomic mass is 19.3. The first-order chi connectivity index (χ1) is 17.7. The SMILES string of the molecule is CNCC(CC1CCC(F)(F)CC1)NC(=O)N1CCCC(C(O)(CCCCOC)c2ccccc2F)C1. The molecule has 3 atom stereocenters. The third kappa shape index (κ3) is 8.32. The first kappa shape index (κ1) is 29.7. The van der Waals surface area contributed by atoms with Gasteiger partial charge >= 0.3 is 6.03 Å². The molecule has 1 saturated heterocycles. The van der Waals surface area contributed by atoms with Crippen LogP contribution in [0.5, 0.6) is 0 Å². The molecule has 2 aliphatic rings. The third-order valence-electron chi connectivity index (χ3n) is 8.11. The number of halogens is 3. The molecule has 1 aliphatic heterocycles. The van der Waals surface area contributed by atoms with Crippen molar-refractivity contribution in [3.8, 4) is 0 Å². The number of nitrogens with one attached hydrogen (secondary N) is 2. The summed E-state index contributed by atoms with van der Waals surface area (Å²) in [5, 5.41) is 18.1. The number of likely N-dealkylation sites (tertiary alicyclic amines) is 1. The molecule has 37 heavy (non-hydrogen) atoms. The number of nitrogens with zero attached hydrogens (tertiary/aromatic N) is 1. The normalized spacial score (nSPS) is 22.9. The Morgan fingerprint density at radius 2 is 1.97 bits per heavy atom. The summed E-state index contributed by atoms with van der Waals surface area (Å²) in [6.07, 6.45) is 4.60. The van der Waals surface area contributed by atoms with Crippen molar-refractivity contribution in [2.75, 3.05) is 40.4 Å². The predicted molar refractivity (Wildman–Crippen MR) is 138 cm³/mol. The Kier molecular flexibility index (Phi) is 11.1. The van der Waals surface area contributed by atoms with Gasteiger partial charge in [-0.15, -0.1) is 0 Å². The average Bonchev–Trinajstić information content (AvgIpc) is 2.88. The van der Waals surface area contributed by atoms with Gasteiger partial charge in [-0.2, -0.15) is 0 Å². The van der Waals surface area contributed by atoms with Crippen LogP contribution < -0.4 is 10.6 Å². The van der Waals surface area contributed by atoms with E-state index in [1.165, 1.54) is 6.07 Å². The maximum atomic E-state index is 14.9. The van der Waals surface area contributed by atoms with Gasteiger partial charge in [-0.1, -0.05) is 18.2 Å². The van der Waals surface area contributed by atoms with Gasteiger partial charge in [-0.25, -0.2) is 18.0 Å². The zero-order valence-electron chi connectivity index (χ0n) is 22.3. The number of hydrogen-bond donors (Lipinski definition) is 3. The van der Waals surface area contributed by atoms with Gasteiger partial charge < -0.3 is 25.4 Å². The molecular formula is C28H44F3N3O3. The number of benzene rings is 1. The summed E-state index contributed by atoms with van der Waals surface area (Å²) in [7, 11) is 3.44.